The van der Waals surface area contributed by atoms with E-state index in [1.807, 2.05) is 0 Å². The summed E-state index contributed by atoms with van der Waals surface area (Å²) < 4.78 is 0. The Morgan fingerprint density at radius 2 is 2.18 bits per heavy atom. The molecule has 0 spiro atoms. The summed E-state index contributed by atoms with van der Waals surface area (Å²) in [6.07, 6.45) is 6.71. The van der Waals surface area contributed by atoms with Crippen molar-refractivity contribution in [2.75, 3.05) is 18.4 Å². The number of H-pyrrole nitrogens is 1. The van der Waals surface area contributed by atoms with Crippen molar-refractivity contribution in [1.82, 2.24) is 25.3 Å². The van der Waals surface area contributed by atoms with Gasteiger partial charge in [0, 0.05) is 6.04 Å². The first-order chi connectivity index (χ1) is 8.43. The topological polar surface area (TPSA) is 78.5 Å². The molecule has 0 radical (unpaired) electrons. The Hall–Kier alpha value is -1.69. The maximum absolute atomic E-state index is 4.29. The zero-order valence-electron chi connectivity index (χ0n) is 9.61. The summed E-state index contributed by atoms with van der Waals surface area (Å²) in [6.45, 7) is 2.18. The van der Waals surface area contributed by atoms with Gasteiger partial charge in [0.15, 0.2) is 11.5 Å². The van der Waals surface area contributed by atoms with Crippen molar-refractivity contribution < 1.29 is 0 Å². The Bertz CT molecular complexity index is 485. The zero-order chi connectivity index (χ0) is 11.5. The average molecular weight is 232 g/mol. The number of hydrogen-bond donors (Lipinski definition) is 3. The van der Waals surface area contributed by atoms with E-state index in [-0.39, 0.29) is 0 Å². The van der Waals surface area contributed by atoms with E-state index in [2.05, 4.69) is 30.6 Å². The van der Waals surface area contributed by atoms with Crippen LogP contribution in [0, 0.1) is 0 Å². The molecular formula is C11H16N6. The molecule has 6 nitrogen and oxygen atoms in total. The van der Waals surface area contributed by atoms with Crippen molar-refractivity contribution in [1.29, 1.82) is 0 Å². The van der Waals surface area contributed by atoms with Crippen LogP contribution in [0.1, 0.15) is 19.3 Å². The van der Waals surface area contributed by atoms with Crippen molar-refractivity contribution in [2.45, 2.75) is 25.3 Å². The lowest BCUT2D eigenvalue weighted by Gasteiger charge is -2.16. The van der Waals surface area contributed by atoms with Gasteiger partial charge in [-0.15, -0.1) is 0 Å². The smallest absolute Gasteiger partial charge is 0.182 e. The largest absolute Gasteiger partial charge is 0.365 e. The first-order valence-electron chi connectivity index (χ1n) is 6.05. The van der Waals surface area contributed by atoms with Crippen LogP contribution in [0.25, 0.3) is 11.2 Å². The van der Waals surface area contributed by atoms with Crippen LogP contribution in [0.15, 0.2) is 12.7 Å². The summed E-state index contributed by atoms with van der Waals surface area (Å²) in [6, 6.07) is 0.478. The molecule has 1 unspecified atom stereocenters. The maximum atomic E-state index is 4.29. The molecule has 0 bridgehead atoms. The van der Waals surface area contributed by atoms with Gasteiger partial charge >= 0.3 is 0 Å². The third kappa shape index (κ3) is 2.21. The van der Waals surface area contributed by atoms with E-state index in [1.54, 1.807) is 12.7 Å². The lowest BCUT2D eigenvalue weighted by Crippen LogP contribution is -2.22. The van der Waals surface area contributed by atoms with Gasteiger partial charge in [-0.2, -0.15) is 0 Å². The Morgan fingerprint density at radius 3 is 3.18 bits per heavy atom. The molecule has 1 saturated heterocycles. The molecule has 17 heavy (non-hydrogen) atoms. The van der Waals surface area contributed by atoms with Crippen LogP contribution in [0.2, 0.25) is 0 Å². The number of aromatic nitrogens is 4. The zero-order valence-corrected chi connectivity index (χ0v) is 9.61. The number of imidazole rings is 1. The van der Waals surface area contributed by atoms with Crippen molar-refractivity contribution in [2.24, 2.45) is 0 Å². The Labute approximate surface area is 99.3 Å². The molecule has 3 N–H and O–H groups in total. The molecule has 3 rings (SSSR count). The van der Waals surface area contributed by atoms with Gasteiger partial charge < -0.3 is 15.6 Å². The molecule has 2 aromatic heterocycles. The van der Waals surface area contributed by atoms with Crippen LogP contribution in [0.4, 0.5) is 5.82 Å². The fraction of sp³-hybridized carbons (Fsp3) is 0.545. The lowest BCUT2D eigenvalue weighted by molar-refractivity contribution is 0.635. The van der Waals surface area contributed by atoms with Crippen molar-refractivity contribution >= 4 is 17.0 Å². The first kappa shape index (κ1) is 10.5. The lowest BCUT2D eigenvalue weighted by atomic mass is 10.1. The Morgan fingerprint density at radius 1 is 1.18 bits per heavy atom. The highest BCUT2D eigenvalue weighted by Gasteiger charge is 2.14. The average Bonchev–Trinajstić information content (AvgIpc) is 2.69. The van der Waals surface area contributed by atoms with Gasteiger partial charge in [0.1, 0.15) is 11.8 Å². The molecular weight excluding hydrogens is 216 g/mol. The van der Waals surface area contributed by atoms with Crippen molar-refractivity contribution in [3.63, 3.8) is 0 Å². The normalized spacial score (nSPS) is 21.3. The Balaban J connectivity index is 1.81. The van der Waals surface area contributed by atoms with Gasteiger partial charge in [-0.25, -0.2) is 15.0 Å². The molecule has 0 aromatic carbocycles. The van der Waals surface area contributed by atoms with Crippen molar-refractivity contribution in [3.05, 3.63) is 12.7 Å². The van der Waals surface area contributed by atoms with E-state index in [9.17, 15) is 0 Å². The summed E-state index contributed by atoms with van der Waals surface area (Å²) >= 11 is 0. The van der Waals surface area contributed by atoms with Gasteiger partial charge in [0.2, 0.25) is 0 Å². The van der Waals surface area contributed by atoms with Gasteiger partial charge in [0.05, 0.1) is 6.33 Å². The van der Waals surface area contributed by atoms with E-state index in [0.29, 0.717) is 11.7 Å². The second kappa shape index (κ2) is 4.67. The number of hydrogen-bond acceptors (Lipinski definition) is 5. The minimum absolute atomic E-state index is 0.478. The first-order valence-corrected chi connectivity index (χ1v) is 6.05. The van der Waals surface area contributed by atoms with E-state index >= 15 is 0 Å². The predicted molar refractivity (Wildman–Crippen MR) is 65.8 cm³/mol. The summed E-state index contributed by atoms with van der Waals surface area (Å²) in [5.74, 6) is 0.861. The summed E-state index contributed by atoms with van der Waals surface area (Å²) in [7, 11) is 0. The molecule has 6 heteroatoms. The third-order valence-electron chi connectivity index (χ3n) is 3.14. The highest BCUT2D eigenvalue weighted by atomic mass is 15.1. The molecule has 0 amide bonds. The maximum Gasteiger partial charge on any atom is 0.182 e. The SMILES string of the molecule is c1nc(NC2CCCNCC2)c2[nH]cnc2n1. The number of fused-ring (bicyclic) bond motifs is 1. The number of anilines is 1. The van der Waals surface area contributed by atoms with Crippen LogP contribution in [0.5, 0.6) is 0 Å². The third-order valence-corrected chi connectivity index (χ3v) is 3.14. The molecule has 0 aliphatic carbocycles. The molecule has 2 aromatic rings. The fourth-order valence-corrected chi connectivity index (χ4v) is 2.23. The monoisotopic (exact) mass is 232 g/mol. The highest BCUT2D eigenvalue weighted by Crippen LogP contribution is 2.18. The van der Waals surface area contributed by atoms with Crippen LogP contribution >= 0.6 is 0 Å². The summed E-state index contributed by atoms with van der Waals surface area (Å²) in [5.41, 5.74) is 1.61. The molecule has 1 aliphatic rings. The second-order valence-corrected chi connectivity index (χ2v) is 4.35. The number of nitrogens with one attached hydrogen (secondary N) is 3. The quantitative estimate of drug-likeness (QED) is 0.717. The Kier molecular flexibility index (Phi) is 2.87. The summed E-state index contributed by atoms with van der Waals surface area (Å²) in [4.78, 5) is 15.6. The molecule has 90 valence electrons. The predicted octanol–water partition coefficient (Wildman–Crippen LogP) is 0.907. The van der Waals surface area contributed by atoms with Gasteiger partial charge in [-0.3, -0.25) is 0 Å². The van der Waals surface area contributed by atoms with Gasteiger partial charge in [0.25, 0.3) is 0 Å². The molecule has 1 fully saturated rings. The van der Waals surface area contributed by atoms with Gasteiger partial charge in [-0.05, 0) is 32.4 Å². The van der Waals surface area contributed by atoms with E-state index in [0.717, 1.165) is 30.8 Å². The number of aromatic amines is 1. The second-order valence-electron chi connectivity index (χ2n) is 4.35. The van der Waals surface area contributed by atoms with E-state index in [1.165, 1.54) is 12.8 Å². The molecule has 0 saturated carbocycles. The van der Waals surface area contributed by atoms with Crippen LogP contribution < -0.4 is 10.6 Å². The van der Waals surface area contributed by atoms with Crippen LogP contribution in [0.3, 0.4) is 0 Å². The summed E-state index contributed by atoms with van der Waals surface area (Å²) in [5, 5.41) is 6.89. The minimum Gasteiger partial charge on any atom is -0.365 e. The van der Waals surface area contributed by atoms with Gasteiger partial charge in [-0.1, -0.05) is 0 Å². The van der Waals surface area contributed by atoms with Crippen LogP contribution in [-0.2, 0) is 0 Å². The number of rotatable bonds is 2. The number of nitrogens with zero attached hydrogens (tertiary/aromatic N) is 3. The molecule has 1 atom stereocenters. The standard InChI is InChI=1S/C11H16N6/c1-2-8(3-5-12-4-1)17-11-9-10(14-6-13-9)15-7-16-11/h6-8,12H,1-5H2,(H2,13,14,15,16,17). The molecule has 3 heterocycles. The van der Waals surface area contributed by atoms with Crippen molar-refractivity contribution in [3.8, 4) is 0 Å². The van der Waals surface area contributed by atoms with E-state index in [4.69, 9.17) is 0 Å². The fourth-order valence-electron chi connectivity index (χ4n) is 2.23. The van der Waals surface area contributed by atoms with E-state index < -0.39 is 0 Å². The minimum atomic E-state index is 0.478. The van der Waals surface area contributed by atoms with Crippen LogP contribution in [-0.4, -0.2) is 39.1 Å². The molecule has 1 aliphatic heterocycles. The highest BCUT2D eigenvalue weighted by molar-refractivity contribution is 5.82.